The minimum atomic E-state index is -5.72. The third-order valence-electron chi connectivity index (χ3n) is 19.2. The largest absolute Gasteiger partial charge is 0.756 e. The van der Waals surface area contributed by atoms with E-state index in [0.717, 1.165) is 180 Å². The monoisotopic (exact) mass is 1470 g/mol. The molecule has 1 heterocycles. The summed E-state index contributed by atoms with van der Waals surface area (Å²) >= 11 is 0. The highest BCUT2D eigenvalue weighted by Gasteiger charge is 2.47. The molecule has 0 aliphatic carbocycles. The van der Waals surface area contributed by atoms with Gasteiger partial charge in [-0.15, -0.1) is 0 Å². The van der Waals surface area contributed by atoms with E-state index in [4.69, 9.17) is 13.8 Å². The maximum absolute atomic E-state index is 12.5. The van der Waals surface area contributed by atoms with E-state index >= 15 is 0 Å². The van der Waals surface area contributed by atoms with Crippen LogP contribution in [-0.2, 0) is 32.0 Å². The molecule has 0 aromatic rings. The van der Waals surface area contributed by atoms with Crippen molar-refractivity contribution in [1.82, 2.24) is 5.32 Å². The third-order valence-corrected chi connectivity index (χ3v) is 21.8. The second-order valence-electron chi connectivity index (χ2n) is 30.3. The maximum atomic E-state index is 12.5. The Hall–Kier alpha value is -4.33. The molecule has 3 unspecified atom stereocenters. The van der Waals surface area contributed by atoms with Crippen molar-refractivity contribution in [2.24, 2.45) is 5.92 Å². The van der Waals surface area contributed by atoms with Crippen LogP contribution in [0.5, 0.6) is 0 Å². The smallest absolute Gasteiger partial charge is 0.276 e. The maximum Gasteiger partial charge on any atom is 0.276 e. The Bertz CT molecular complexity index is 3060. The Balaban J connectivity index is 2.27. The molecule has 0 radical (unpaired) electrons. The van der Waals surface area contributed by atoms with Gasteiger partial charge in [-0.1, -0.05) is 182 Å². The molecule has 0 bridgehead atoms. The lowest BCUT2D eigenvalue weighted by Gasteiger charge is -2.44. The fourth-order valence-corrected chi connectivity index (χ4v) is 14.2. The second kappa shape index (κ2) is 56.9. The highest BCUT2D eigenvalue weighted by molar-refractivity contribution is 7.59. The molecule has 8 atom stereocenters. The van der Waals surface area contributed by atoms with E-state index in [9.17, 15) is 39.0 Å². The van der Waals surface area contributed by atoms with Crippen LogP contribution in [0.3, 0.4) is 0 Å². The van der Waals surface area contributed by atoms with Crippen molar-refractivity contribution in [1.29, 1.82) is 0 Å². The molecule has 1 amide bonds. The van der Waals surface area contributed by atoms with Crippen molar-refractivity contribution in [3.63, 3.8) is 0 Å². The van der Waals surface area contributed by atoms with E-state index in [1.807, 2.05) is 6.92 Å². The third kappa shape index (κ3) is 53.2. The summed E-state index contributed by atoms with van der Waals surface area (Å²) < 4.78 is 43.9. The molecule has 13 nitrogen and oxygen atoms in total. The number of carbonyl (C=O) groups is 1. The molecule has 586 valence electrons. The number of phosphoric ester groups is 2. The number of ether oxygens (including phenoxy) is 1. The standard InChI is InChI=1S/C88H147NO12P2/c1-67(2)34-19-35-68(3)36-20-37-69(4)38-21-39-70(5)40-22-41-71(6)42-23-43-72(7)44-24-45-73(8)46-25-47-74(9)48-26-49-75(10)50-27-51-76(11)52-28-53-77(12)54-29-55-78(13)56-30-57-79(14)58-31-59-80(15)60-32-61-81(16)62-33-63-82(17)64-65-98-102(94,95)101-103(96,97)100-88-85(89-83(18)91)87(93)86(92)84(66-90)99-88/h34,36,38,40,42,44,46,48,50,52,54,56,58,60,62,82,84-88,90,92-93H,19-33,35,37,39,41,43,45,47,49,51,53,55,57,59,61,63-66H2,1-18H3,(H,89,91)(H,94,95)(H,96,97)/p-2/b68-36+,69-38+,70-40+,71-42+,72-44-,73-46+,74-48+,75-50+,76-52+,77-54-,78-56+,79-58+,80-60+,81-62+/t82?,84-,85-,86-,87-,88-/m1/s1. The average Bonchev–Trinajstić information content (AvgIpc) is 0.794. The molecule has 1 aliphatic rings. The molecule has 4 N–H and O–H groups in total. The highest BCUT2D eigenvalue weighted by Crippen LogP contribution is 2.57. The number of allylic oxidation sites excluding steroid dienone is 30. The van der Waals surface area contributed by atoms with Gasteiger partial charge in [0.15, 0.2) is 6.29 Å². The molecule has 0 aromatic heterocycles. The zero-order valence-corrected chi connectivity index (χ0v) is 69.7. The van der Waals surface area contributed by atoms with Crippen LogP contribution in [0.25, 0.3) is 0 Å². The molecular formula is C88H145NO12P2-2. The first kappa shape index (κ1) is 96.7. The lowest BCUT2D eigenvalue weighted by atomic mass is 9.97. The number of aliphatic hydroxyl groups is 3. The molecule has 1 saturated heterocycles. The van der Waals surface area contributed by atoms with Crippen LogP contribution < -0.4 is 15.1 Å². The van der Waals surface area contributed by atoms with Gasteiger partial charge in [0.2, 0.25) is 5.91 Å². The second-order valence-corrected chi connectivity index (χ2v) is 33.3. The average molecular weight is 1470 g/mol. The van der Waals surface area contributed by atoms with E-state index in [-0.39, 0.29) is 12.5 Å². The first-order valence-electron chi connectivity index (χ1n) is 39.1. The Morgan fingerprint density at radius 2 is 0.631 bits per heavy atom. The van der Waals surface area contributed by atoms with Crippen molar-refractivity contribution in [3.05, 3.63) is 175 Å². The minimum absolute atomic E-state index is 0.0546. The van der Waals surface area contributed by atoms with Crippen LogP contribution in [0.1, 0.15) is 324 Å². The fraction of sp³-hybridized carbons (Fsp3) is 0.648. The summed E-state index contributed by atoms with van der Waals surface area (Å²) in [5.41, 5.74) is 22.1. The summed E-state index contributed by atoms with van der Waals surface area (Å²) in [6.07, 6.45) is 62.2. The van der Waals surface area contributed by atoms with E-state index in [2.05, 4.69) is 212 Å². The van der Waals surface area contributed by atoms with Crippen LogP contribution in [0.2, 0.25) is 0 Å². The quantitative estimate of drug-likeness (QED) is 0.0331. The van der Waals surface area contributed by atoms with Gasteiger partial charge >= 0.3 is 0 Å². The van der Waals surface area contributed by atoms with Gasteiger partial charge in [0.1, 0.15) is 24.4 Å². The van der Waals surface area contributed by atoms with Crippen LogP contribution in [0.15, 0.2) is 175 Å². The number of aliphatic hydroxyl groups excluding tert-OH is 3. The Morgan fingerprint density at radius 3 is 0.864 bits per heavy atom. The first-order chi connectivity index (χ1) is 48.7. The summed E-state index contributed by atoms with van der Waals surface area (Å²) in [6, 6.07) is -1.63. The van der Waals surface area contributed by atoms with Crippen LogP contribution in [-0.4, -0.2) is 65.1 Å². The number of phosphoric acid groups is 2. The van der Waals surface area contributed by atoms with Gasteiger partial charge in [0, 0.05) is 6.92 Å². The number of nitrogens with one attached hydrogen (secondary N) is 1. The number of hydrogen-bond acceptors (Lipinski definition) is 12. The molecule has 1 fully saturated rings. The molecule has 0 spiro atoms. The van der Waals surface area contributed by atoms with E-state index < -0.39 is 58.8 Å². The van der Waals surface area contributed by atoms with Crippen LogP contribution in [0.4, 0.5) is 0 Å². The SMILES string of the molecule is CC(=O)N[C@H]1[C@@H](OP(=O)([O-])OP(=O)([O-])OCCC(C)CC/C=C(\C)CC/C=C(\C)CC/C=C(\C)CC/C=C(\C)CC/C=C(/C)CC/C=C(\C)CC/C=C(\C)CC/C=C(\C)CC/C=C(\C)CC/C=C(/C)CC/C=C(\C)CC/C=C(\C)CC/C=C(\C)CC/C=C(\C)CCC=C(C)C)O[C@H](CO)[C@@H](O)[C@@H]1O. The molecular weight excluding hydrogens is 1320 g/mol. The molecule has 1 rings (SSSR count). The Kier molecular flexibility index (Phi) is 53.4. The number of carbonyl (C=O) groups excluding carboxylic acids is 1. The van der Waals surface area contributed by atoms with E-state index in [1.165, 1.54) is 103 Å². The zero-order chi connectivity index (χ0) is 77.2. The van der Waals surface area contributed by atoms with Crippen molar-refractivity contribution in [3.8, 4) is 0 Å². The van der Waals surface area contributed by atoms with Gasteiger partial charge in [-0.2, -0.15) is 0 Å². The van der Waals surface area contributed by atoms with Gasteiger partial charge in [-0.3, -0.25) is 18.4 Å². The Morgan fingerprint density at radius 1 is 0.388 bits per heavy atom. The lowest BCUT2D eigenvalue weighted by molar-refractivity contribution is -0.284. The van der Waals surface area contributed by atoms with E-state index in [1.54, 1.807) is 0 Å². The highest BCUT2D eigenvalue weighted by atomic mass is 31.3. The number of rotatable bonds is 55. The molecule has 0 saturated carbocycles. The minimum Gasteiger partial charge on any atom is -0.756 e. The van der Waals surface area contributed by atoms with Gasteiger partial charge in [0.05, 0.1) is 13.2 Å². The first-order valence-corrected chi connectivity index (χ1v) is 42.0. The lowest BCUT2D eigenvalue weighted by Crippen LogP contribution is -2.64. The summed E-state index contributed by atoms with van der Waals surface area (Å²) in [6.45, 7) is 37.9. The molecule has 0 aromatic carbocycles. The number of hydrogen-bond donors (Lipinski definition) is 4. The van der Waals surface area contributed by atoms with Gasteiger partial charge in [0.25, 0.3) is 15.6 Å². The molecule has 103 heavy (non-hydrogen) atoms. The summed E-state index contributed by atoms with van der Waals surface area (Å²) in [4.78, 5) is 36.6. The zero-order valence-electron chi connectivity index (χ0n) is 67.9. The van der Waals surface area contributed by atoms with Crippen LogP contribution in [0, 0.1) is 5.92 Å². The predicted octanol–water partition coefficient (Wildman–Crippen LogP) is 23.9. The van der Waals surface area contributed by atoms with Crippen molar-refractivity contribution in [2.45, 2.75) is 354 Å². The van der Waals surface area contributed by atoms with Gasteiger partial charge < -0.3 is 39.7 Å². The summed E-state index contributed by atoms with van der Waals surface area (Å²) in [7, 11) is -11.1. The van der Waals surface area contributed by atoms with Crippen molar-refractivity contribution in [2.75, 3.05) is 13.2 Å². The van der Waals surface area contributed by atoms with Crippen LogP contribution >= 0.6 is 15.6 Å². The molecule has 15 heteroatoms. The predicted molar refractivity (Wildman–Crippen MR) is 433 cm³/mol. The topological polar surface area (TPSA) is 207 Å². The van der Waals surface area contributed by atoms with Crippen molar-refractivity contribution < 1.29 is 57.1 Å². The van der Waals surface area contributed by atoms with E-state index in [0.29, 0.717) is 6.42 Å². The summed E-state index contributed by atoms with van der Waals surface area (Å²) in [5.74, 6) is -0.679. The molecule has 1 aliphatic heterocycles. The summed E-state index contributed by atoms with van der Waals surface area (Å²) in [5, 5.41) is 32.1. The van der Waals surface area contributed by atoms with Crippen molar-refractivity contribution >= 4 is 21.6 Å². The Labute approximate surface area is 628 Å². The van der Waals surface area contributed by atoms with Gasteiger partial charge in [-0.05, 0) is 316 Å². The number of amides is 1. The van der Waals surface area contributed by atoms with Gasteiger partial charge in [-0.25, -0.2) is 4.31 Å². The fourth-order valence-electron chi connectivity index (χ4n) is 12.1. The normalized spacial score (nSPS) is 20.4.